The summed E-state index contributed by atoms with van der Waals surface area (Å²) in [7, 11) is 0. The van der Waals surface area contributed by atoms with E-state index in [0.29, 0.717) is 31.2 Å². The molecule has 0 amide bonds. The minimum Gasteiger partial charge on any atom is -0.488 e. The van der Waals surface area contributed by atoms with E-state index < -0.39 is 6.10 Å². The first-order valence-corrected chi connectivity index (χ1v) is 11.6. The number of benzene rings is 1. The first-order chi connectivity index (χ1) is 13.9. The van der Waals surface area contributed by atoms with Crippen molar-refractivity contribution in [2.75, 3.05) is 6.61 Å². The van der Waals surface area contributed by atoms with Crippen molar-refractivity contribution in [3.63, 3.8) is 0 Å². The molecule has 1 N–H and O–H groups in total. The van der Waals surface area contributed by atoms with Gasteiger partial charge in [0.25, 0.3) is 0 Å². The Hall–Kier alpha value is -1.10. The van der Waals surface area contributed by atoms with Gasteiger partial charge in [0.2, 0.25) is 0 Å². The Labute approximate surface area is 175 Å². The molecule has 1 aromatic carbocycles. The monoisotopic (exact) mass is 402 g/mol. The molecule has 162 valence electrons. The van der Waals surface area contributed by atoms with E-state index in [9.17, 15) is 5.11 Å². The molecule has 1 saturated carbocycles. The van der Waals surface area contributed by atoms with Gasteiger partial charge in [-0.05, 0) is 86.0 Å². The average molecular weight is 403 g/mol. The molecule has 2 unspecified atom stereocenters. The van der Waals surface area contributed by atoms with Crippen molar-refractivity contribution in [2.24, 2.45) is 29.6 Å². The van der Waals surface area contributed by atoms with Crippen LogP contribution in [0.2, 0.25) is 0 Å². The Balaban J connectivity index is 1.42. The molecule has 4 nitrogen and oxygen atoms in total. The molecule has 4 heteroatoms. The van der Waals surface area contributed by atoms with Gasteiger partial charge in [-0.1, -0.05) is 26.3 Å². The molecule has 2 heterocycles. The molecule has 1 aliphatic carbocycles. The van der Waals surface area contributed by atoms with Gasteiger partial charge in [0, 0.05) is 0 Å². The summed E-state index contributed by atoms with van der Waals surface area (Å²) < 4.78 is 17.8. The van der Waals surface area contributed by atoms with E-state index in [4.69, 9.17) is 14.2 Å². The highest BCUT2D eigenvalue weighted by atomic mass is 16.5. The summed E-state index contributed by atoms with van der Waals surface area (Å²) in [6, 6.07) is 6.15. The minimum absolute atomic E-state index is 0.194. The predicted molar refractivity (Wildman–Crippen MR) is 114 cm³/mol. The van der Waals surface area contributed by atoms with Crippen molar-refractivity contribution in [3.8, 4) is 5.75 Å². The van der Waals surface area contributed by atoms with Gasteiger partial charge in [-0.2, -0.15) is 0 Å². The maximum absolute atomic E-state index is 11.2. The maximum Gasteiger partial charge on any atom is 0.122 e. The summed E-state index contributed by atoms with van der Waals surface area (Å²) >= 11 is 0. The highest BCUT2D eigenvalue weighted by Crippen LogP contribution is 2.47. The minimum atomic E-state index is -0.487. The third-order valence-corrected chi connectivity index (χ3v) is 7.98. The van der Waals surface area contributed by atoms with Crippen LogP contribution in [-0.2, 0) is 22.7 Å². The zero-order valence-electron chi connectivity index (χ0n) is 18.5. The van der Waals surface area contributed by atoms with Crippen molar-refractivity contribution in [1.29, 1.82) is 0 Å². The fourth-order valence-electron chi connectivity index (χ4n) is 5.99. The van der Waals surface area contributed by atoms with E-state index >= 15 is 0 Å². The summed E-state index contributed by atoms with van der Waals surface area (Å²) in [6.45, 7) is 11.0. The van der Waals surface area contributed by atoms with Gasteiger partial charge >= 0.3 is 0 Å². The first-order valence-electron chi connectivity index (χ1n) is 11.6. The van der Waals surface area contributed by atoms with Gasteiger partial charge in [0.15, 0.2) is 0 Å². The number of fused-ring (bicyclic) bond motifs is 2. The van der Waals surface area contributed by atoms with E-state index in [2.05, 4.69) is 32.9 Å². The first kappa shape index (κ1) is 21.1. The molecular weight excluding hydrogens is 364 g/mol. The van der Waals surface area contributed by atoms with Crippen LogP contribution in [0, 0.1) is 29.6 Å². The smallest absolute Gasteiger partial charge is 0.122 e. The lowest BCUT2D eigenvalue weighted by Gasteiger charge is -2.45. The molecule has 1 saturated heterocycles. The normalized spacial score (nSPS) is 35.1. The summed E-state index contributed by atoms with van der Waals surface area (Å²) in [4.78, 5) is 0. The second-order valence-electron chi connectivity index (χ2n) is 9.86. The maximum atomic E-state index is 11.2. The number of ether oxygens (including phenoxy) is 3. The van der Waals surface area contributed by atoms with Gasteiger partial charge in [-0.3, -0.25) is 0 Å². The largest absolute Gasteiger partial charge is 0.488 e. The molecule has 2 aliphatic heterocycles. The molecule has 8 atom stereocenters. The molecule has 0 spiro atoms. The number of aliphatic hydroxyl groups is 1. The van der Waals surface area contributed by atoms with Crippen molar-refractivity contribution in [3.05, 3.63) is 29.3 Å². The van der Waals surface area contributed by atoms with Crippen LogP contribution in [0.3, 0.4) is 0 Å². The Morgan fingerprint density at radius 1 is 1.00 bits per heavy atom. The van der Waals surface area contributed by atoms with E-state index in [1.807, 2.05) is 13.0 Å². The Bertz CT molecular complexity index is 689. The second kappa shape index (κ2) is 8.95. The topological polar surface area (TPSA) is 47.9 Å². The van der Waals surface area contributed by atoms with Gasteiger partial charge in [-0.15, -0.1) is 0 Å². The summed E-state index contributed by atoms with van der Waals surface area (Å²) in [5.41, 5.74) is 2.44. The zero-order chi connectivity index (χ0) is 20.5. The third kappa shape index (κ3) is 4.50. The lowest BCUT2D eigenvalue weighted by atomic mass is 9.62. The van der Waals surface area contributed by atoms with Gasteiger partial charge < -0.3 is 19.3 Å². The van der Waals surface area contributed by atoms with Gasteiger partial charge in [-0.25, -0.2) is 0 Å². The number of rotatable bonds is 5. The Kier molecular flexibility index (Phi) is 6.53. The highest BCUT2D eigenvalue weighted by Gasteiger charge is 2.43. The summed E-state index contributed by atoms with van der Waals surface area (Å²) in [5, 5.41) is 11.2. The molecule has 1 aromatic rings. The number of hydrogen-bond donors (Lipinski definition) is 1. The lowest BCUT2D eigenvalue weighted by molar-refractivity contribution is -0.0594. The molecule has 0 radical (unpaired) electrons. The molecule has 0 aromatic heterocycles. The fraction of sp³-hybridized carbons (Fsp3) is 0.760. The third-order valence-electron chi connectivity index (χ3n) is 7.98. The van der Waals surface area contributed by atoms with E-state index in [1.54, 1.807) is 0 Å². The Morgan fingerprint density at radius 3 is 2.62 bits per heavy atom. The second-order valence-corrected chi connectivity index (χ2v) is 9.86. The SMILES string of the molecule is CC1CC[C@@H]2C(CO1)[C@H]([C@@H](C)[C@H](O)[C@@H](C)Oc1ccc3c(c1)COC3)CC[C@H]2C. The van der Waals surface area contributed by atoms with Crippen LogP contribution >= 0.6 is 0 Å². The van der Waals surface area contributed by atoms with Crippen molar-refractivity contribution >= 4 is 0 Å². The molecular formula is C25H38O4. The number of hydrogen-bond acceptors (Lipinski definition) is 4. The van der Waals surface area contributed by atoms with Crippen LogP contribution in [0.25, 0.3) is 0 Å². The quantitative estimate of drug-likeness (QED) is 0.756. The van der Waals surface area contributed by atoms with Gasteiger partial charge in [0.1, 0.15) is 11.9 Å². The fourth-order valence-corrected chi connectivity index (χ4v) is 5.99. The Morgan fingerprint density at radius 2 is 1.79 bits per heavy atom. The van der Waals surface area contributed by atoms with E-state index in [0.717, 1.165) is 30.6 Å². The molecule has 2 fully saturated rings. The van der Waals surface area contributed by atoms with Crippen LogP contribution in [-0.4, -0.2) is 30.0 Å². The lowest BCUT2D eigenvalue weighted by Crippen LogP contribution is -2.45. The van der Waals surface area contributed by atoms with Crippen LogP contribution in [0.4, 0.5) is 0 Å². The predicted octanol–water partition coefficient (Wildman–Crippen LogP) is 4.96. The standard InChI is InChI=1S/C25H38O4/c1-15-5-9-23(24-14-28-16(2)6-10-22(15)24)17(3)25(26)18(4)29-21-8-7-19-12-27-13-20(19)11-21/h7-8,11,15-18,22-26H,5-6,9-10,12-14H2,1-4H3/t15-,16?,17-,18-,22+,23+,24?,25+/m1/s1. The van der Waals surface area contributed by atoms with E-state index in [-0.39, 0.29) is 12.0 Å². The van der Waals surface area contributed by atoms with Crippen molar-refractivity contribution in [2.45, 2.75) is 84.9 Å². The molecule has 3 aliphatic rings. The molecule has 0 bridgehead atoms. The van der Waals surface area contributed by atoms with Crippen molar-refractivity contribution in [1.82, 2.24) is 0 Å². The molecule has 29 heavy (non-hydrogen) atoms. The summed E-state index contributed by atoms with van der Waals surface area (Å²) in [6.07, 6.45) is 4.50. The average Bonchev–Trinajstić information content (AvgIpc) is 3.09. The molecule has 4 rings (SSSR count). The van der Waals surface area contributed by atoms with Crippen LogP contribution in [0.15, 0.2) is 18.2 Å². The number of aliphatic hydroxyl groups excluding tert-OH is 1. The zero-order valence-corrected chi connectivity index (χ0v) is 18.5. The van der Waals surface area contributed by atoms with Crippen LogP contribution < -0.4 is 4.74 Å². The highest BCUT2D eigenvalue weighted by molar-refractivity contribution is 5.36. The van der Waals surface area contributed by atoms with Crippen molar-refractivity contribution < 1.29 is 19.3 Å². The van der Waals surface area contributed by atoms with Gasteiger partial charge in [0.05, 0.1) is 32.0 Å². The summed E-state index contributed by atoms with van der Waals surface area (Å²) in [5.74, 6) is 3.56. The van der Waals surface area contributed by atoms with E-state index in [1.165, 1.54) is 30.4 Å². The van der Waals surface area contributed by atoms with Crippen LogP contribution in [0.5, 0.6) is 5.75 Å². The van der Waals surface area contributed by atoms with Crippen LogP contribution in [0.1, 0.15) is 64.5 Å².